The molecule has 0 aromatic rings. The molecule has 0 unspecified atom stereocenters. The molecule has 0 bridgehead atoms. The normalized spacial score (nSPS) is 43.8. The fourth-order valence-corrected chi connectivity index (χ4v) is 1.05. The van der Waals surface area contributed by atoms with E-state index in [1.54, 1.807) is 0 Å². The van der Waals surface area contributed by atoms with Gasteiger partial charge in [0, 0.05) is 0 Å². The molecule has 4 atom stereocenters. The average Bonchev–Trinajstić information content (AvgIpc) is 2.14. The molecule has 0 radical (unpaired) electrons. The number of hydrogen-bond acceptors (Lipinski definition) is 4. The SMILES string of the molecule is C[C@@H](O)[C@H]1OC[C@@H](O)[C@@H]1O. The highest BCUT2D eigenvalue weighted by Gasteiger charge is 2.37. The van der Waals surface area contributed by atoms with Crippen LogP contribution in [0.2, 0.25) is 0 Å². The monoisotopic (exact) mass is 148 g/mol. The van der Waals surface area contributed by atoms with Gasteiger partial charge in [0.2, 0.25) is 0 Å². The number of hydrogen-bond donors (Lipinski definition) is 3. The third-order valence-electron chi connectivity index (χ3n) is 1.67. The van der Waals surface area contributed by atoms with E-state index in [9.17, 15) is 0 Å². The van der Waals surface area contributed by atoms with Gasteiger partial charge in [-0.1, -0.05) is 0 Å². The van der Waals surface area contributed by atoms with Gasteiger partial charge in [0.15, 0.2) is 0 Å². The van der Waals surface area contributed by atoms with E-state index in [0.717, 1.165) is 0 Å². The highest BCUT2D eigenvalue weighted by molar-refractivity contribution is 4.85. The molecule has 0 spiro atoms. The zero-order valence-corrected chi connectivity index (χ0v) is 5.77. The van der Waals surface area contributed by atoms with Crippen LogP contribution in [0.1, 0.15) is 6.92 Å². The van der Waals surface area contributed by atoms with Crippen LogP contribution in [0.4, 0.5) is 0 Å². The second-order valence-corrected chi connectivity index (χ2v) is 2.60. The number of aliphatic hydroxyl groups excluding tert-OH is 3. The summed E-state index contributed by atoms with van der Waals surface area (Å²) >= 11 is 0. The summed E-state index contributed by atoms with van der Waals surface area (Å²) in [6, 6.07) is 0. The van der Waals surface area contributed by atoms with Gasteiger partial charge in [-0.3, -0.25) is 0 Å². The van der Waals surface area contributed by atoms with E-state index in [1.165, 1.54) is 6.92 Å². The van der Waals surface area contributed by atoms with Crippen molar-refractivity contribution in [1.29, 1.82) is 0 Å². The van der Waals surface area contributed by atoms with Gasteiger partial charge >= 0.3 is 0 Å². The van der Waals surface area contributed by atoms with Crippen molar-refractivity contribution in [2.75, 3.05) is 6.61 Å². The van der Waals surface area contributed by atoms with Gasteiger partial charge in [-0.25, -0.2) is 0 Å². The molecule has 3 N–H and O–H groups in total. The van der Waals surface area contributed by atoms with Crippen molar-refractivity contribution in [2.45, 2.75) is 31.3 Å². The Balaban J connectivity index is 2.49. The van der Waals surface area contributed by atoms with Gasteiger partial charge in [0.25, 0.3) is 0 Å². The summed E-state index contributed by atoms with van der Waals surface area (Å²) in [4.78, 5) is 0. The van der Waals surface area contributed by atoms with Crippen LogP contribution < -0.4 is 0 Å². The third-order valence-corrected chi connectivity index (χ3v) is 1.67. The summed E-state index contributed by atoms with van der Waals surface area (Å²) in [5.41, 5.74) is 0. The second kappa shape index (κ2) is 2.84. The largest absolute Gasteiger partial charge is 0.391 e. The first-order valence-electron chi connectivity index (χ1n) is 3.28. The summed E-state index contributed by atoms with van der Waals surface area (Å²) in [6.07, 6.45) is -3.15. The fraction of sp³-hybridized carbons (Fsp3) is 1.00. The zero-order valence-electron chi connectivity index (χ0n) is 5.77. The Hall–Kier alpha value is -0.160. The summed E-state index contributed by atoms with van der Waals surface area (Å²) in [6.45, 7) is 1.63. The van der Waals surface area contributed by atoms with Gasteiger partial charge in [-0.2, -0.15) is 0 Å². The van der Waals surface area contributed by atoms with Crippen LogP contribution in [0.25, 0.3) is 0 Å². The minimum atomic E-state index is -0.944. The smallest absolute Gasteiger partial charge is 0.112 e. The molecule has 4 heteroatoms. The molecule has 1 saturated heterocycles. The average molecular weight is 148 g/mol. The van der Waals surface area contributed by atoms with E-state index in [1.807, 2.05) is 0 Å². The molecule has 0 aromatic heterocycles. The lowest BCUT2D eigenvalue weighted by molar-refractivity contribution is -0.0429. The van der Waals surface area contributed by atoms with Crippen molar-refractivity contribution in [3.63, 3.8) is 0 Å². The van der Waals surface area contributed by atoms with Crippen molar-refractivity contribution >= 4 is 0 Å². The van der Waals surface area contributed by atoms with E-state index in [4.69, 9.17) is 20.1 Å². The van der Waals surface area contributed by atoms with Crippen LogP contribution in [-0.2, 0) is 4.74 Å². The summed E-state index contributed by atoms with van der Waals surface area (Å²) in [5.74, 6) is 0. The van der Waals surface area contributed by atoms with Gasteiger partial charge < -0.3 is 20.1 Å². The minimum absolute atomic E-state index is 0.108. The maximum Gasteiger partial charge on any atom is 0.112 e. The van der Waals surface area contributed by atoms with E-state index in [2.05, 4.69) is 0 Å². The van der Waals surface area contributed by atoms with Crippen molar-refractivity contribution in [1.82, 2.24) is 0 Å². The molecule has 1 heterocycles. The summed E-state index contributed by atoms with van der Waals surface area (Å²) < 4.78 is 4.89. The minimum Gasteiger partial charge on any atom is -0.391 e. The van der Waals surface area contributed by atoms with Gasteiger partial charge in [-0.15, -0.1) is 0 Å². The molecule has 4 nitrogen and oxygen atoms in total. The highest BCUT2D eigenvalue weighted by Crippen LogP contribution is 2.16. The Bertz CT molecular complexity index is 114. The van der Waals surface area contributed by atoms with Crippen molar-refractivity contribution < 1.29 is 20.1 Å². The Labute approximate surface area is 59.1 Å². The molecule has 60 valence electrons. The zero-order chi connectivity index (χ0) is 7.72. The van der Waals surface area contributed by atoms with Crippen LogP contribution in [0.3, 0.4) is 0 Å². The van der Waals surface area contributed by atoms with Gasteiger partial charge in [0.05, 0.1) is 12.7 Å². The van der Waals surface area contributed by atoms with Crippen LogP contribution in [0.15, 0.2) is 0 Å². The molecule has 0 aliphatic carbocycles. The molecule has 0 saturated carbocycles. The number of ether oxygens (including phenoxy) is 1. The molecule has 1 aliphatic heterocycles. The molecule has 1 aliphatic rings. The Morgan fingerprint density at radius 3 is 2.30 bits per heavy atom. The molecule has 10 heavy (non-hydrogen) atoms. The molecule has 0 amide bonds. The summed E-state index contributed by atoms with van der Waals surface area (Å²) in [5, 5.41) is 27.0. The number of rotatable bonds is 1. The topological polar surface area (TPSA) is 69.9 Å². The lowest BCUT2D eigenvalue weighted by Gasteiger charge is -2.16. The van der Waals surface area contributed by atoms with E-state index < -0.39 is 24.4 Å². The second-order valence-electron chi connectivity index (χ2n) is 2.60. The standard InChI is InChI=1S/C6H12O4/c1-3(7)6-5(9)4(8)2-10-6/h3-9H,2H2,1H3/t3-,4-,5+,6-/m1/s1. The molecule has 1 rings (SSSR count). The Kier molecular flexibility index (Phi) is 2.25. The first kappa shape index (κ1) is 7.94. The maximum atomic E-state index is 9.09. The molecule has 0 aromatic carbocycles. The quantitative estimate of drug-likeness (QED) is 0.422. The predicted octanol–water partition coefficient (Wildman–Crippen LogP) is -1.51. The van der Waals surface area contributed by atoms with Crippen molar-refractivity contribution in [2.24, 2.45) is 0 Å². The Morgan fingerprint density at radius 1 is 1.50 bits per heavy atom. The van der Waals surface area contributed by atoms with Crippen LogP contribution in [0, 0.1) is 0 Å². The Morgan fingerprint density at radius 2 is 2.10 bits per heavy atom. The van der Waals surface area contributed by atoms with Gasteiger partial charge in [0.1, 0.15) is 18.3 Å². The van der Waals surface area contributed by atoms with E-state index in [-0.39, 0.29) is 6.61 Å². The molecular formula is C6H12O4. The molecule has 1 fully saturated rings. The van der Waals surface area contributed by atoms with Crippen LogP contribution >= 0.6 is 0 Å². The van der Waals surface area contributed by atoms with Crippen molar-refractivity contribution in [3.8, 4) is 0 Å². The van der Waals surface area contributed by atoms with Crippen LogP contribution in [0.5, 0.6) is 0 Å². The fourth-order valence-electron chi connectivity index (χ4n) is 1.05. The first-order chi connectivity index (χ1) is 4.63. The predicted molar refractivity (Wildman–Crippen MR) is 33.4 cm³/mol. The molecular weight excluding hydrogens is 136 g/mol. The van der Waals surface area contributed by atoms with E-state index in [0.29, 0.717) is 0 Å². The highest BCUT2D eigenvalue weighted by atomic mass is 16.5. The van der Waals surface area contributed by atoms with E-state index >= 15 is 0 Å². The maximum absolute atomic E-state index is 9.09. The van der Waals surface area contributed by atoms with Gasteiger partial charge in [-0.05, 0) is 6.92 Å². The lowest BCUT2D eigenvalue weighted by Crippen LogP contribution is -2.36. The third kappa shape index (κ3) is 1.29. The lowest BCUT2D eigenvalue weighted by atomic mass is 10.1. The number of aliphatic hydroxyl groups is 3. The summed E-state index contributed by atoms with van der Waals surface area (Å²) in [7, 11) is 0. The van der Waals surface area contributed by atoms with Crippen molar-refractivity contribution in [3.05, 3.63) is 0 Å². The van der Waals surface area contributed by atoms with Crippen LogP contribution in [-0.4, -0.2) is 46.3 Å². The first-order valence-corrected chi connectivity index (χ1v) is 3.28.